The van der Waals surface area contributed by atoms with E-state index < -0.39 is 23.6 Å². The second-order valence-corrected chi connectivity index (χ2v) is 8.71. The van der Waals surface area contributed by atoms with Gasteiger partial charge in [-0.3, -0.25) is 14.6 Å². The van der Waals surface area contributed by atoms with Crippen LogP contribution in [0.2, 0.25) is 0 Å². The van der Waals surface area contributed by atoms with Crippen LogP contribution in [0.1, 0.15) is 49.0 Å². The number of pyridine rings is 2. The van der Waals surface area contributed by atoms with Crippen molar-refractivity contribution in [1.82, 2.24) is 25.1 Å². The highest BCUT2D eigenvalue weighted by molar-refractivity contribution is 5.98. The molecular formula is C25H30N6O4. The van der Waals surface area contributed by atoms with Gasteiger partial charge in [0.25, 0.3) is 17.6 Å². The number of ether oxygens (including phenoxy) is 2. The van der Waals surface area contributed by atoms with E-state index in [1.54, 1.807) is 37.8 Å². The van der Waals surface area contributed by atoms with Crippen LogP contribution in [-0.2, 0) is 14.3 Å². The lowest BCUT2D eigenvalue weighted by Crippen LogP contribution is -2.61. The molecule has 0 bridgehead atoms. The molecule has 0 radical (unpaired) electrons. The third kappa shape index (κ3) is 5.08. The Bertz CT molecular complexity index is 1200. The number of nitrogens with zero attached hydrogens (tertiary/aromatic N) is 4. The van der Waals surface area contributed by atoms with Crippen LogP contribution >= 0.6 is 0 Å². The molecule has 184 valence electrons. The predicted octanol–water partition coefficient (Wildman–Crippen LogP) is 2.54. The minimum Gasteiger partial charge on any atom is -0.365 e. The first-order chi connectivity index (χ1) is 16.8. The Morgan fingerprint density at radius 3 is 2.80 bits per heavy atom. The summed E-state index contributed by atoms with van der Waals surface area (Å²) in [6.45, 7) is 5.87. The van der Waals surface area contributed by atoms with Crippen LogP contribution in [-0.4, -0.2) is 56.1 Å². The number of aromatic nitrogens is 4. The fourth-order valence-corrected chi connectivity index (χ4v) is 4.11. The van der Waals surface area contributed by atoms with Crippen molar-refractivity contribution in [1.29, 1.82) is 0 Å². The normalized spacial score (nSPS) is 20.5. The first kappa shape index (κ1) is 24.5. The van der Waals surface area contributed by atoms with Crippen molar-refractivity contribution in [3.05, 3.63) is 60.2 Å². The highest BCUT2D eigenvalue weighted by atomic mass is 16.8. The number of primary amides is 1. The van der Waals surface area contributed by atoms with Gasteiger partial charge in [0.2, 0.25) is 0 Å². The van der Waals surface area contributed by atoms with Crippen molar-refractivity contribution in [3.63, 3.8) is 0 Å². The summed E-state index contributed by atoms with van der Waals surface area (Å²) in [4.78, 5) is 34.9. The smallest absolute Gasteiger partial charge is 0.280 e. The van der Waals surface area contributed by atoms with Crippen LogP contribution in [0.15, 0.2) is 49.1 Å². The Balaban J connectivity index is 1.67. The number of hydrogen-bond acceptors (Lipinski definition) is 7. The lowest BCUT2D eigenvalue weighted by molar-refractivity contribution is -0.194. The van der Waals surface area contributed by atoms with Crippen molar-refractivity contribution >= 4 is 11.8 Å². The van der Waals surface area contributed by atoms with Crippen molar-refractivity contribution in [3.8, 4) is 17.1 Å². The Morgan fingerprint density at radius 1 is 1.31 bits per heavy atom. The molecular weight excluding hydrogens is 448 g/mol. The van der Waals surface area contributed by atoms with E-state index in [0.29, 0.717) is 17.8 Å². The standard InChI is InChI=1S/C25H30N6O4/c1-4-5-9-21(25(24(26)33)34-15-17(3)35-25)30-23(32)19-11-16(2)12-28-22(19)31-14-18(13-29-31)20-8-6-7-10-27-20/h6-8,10-14,17,21H,4-5,9,15H2,1-3H3,(H2,26,33)(H,30,32). The van der Waals surface area contributed by atoms with Crippen LogP contribution in [0.4, 0.5) is 0 Å². The molecule has 3 aromatic rings. The van der Waals surface area contributed by atoms with Crippen LogP contribution in [0.5, 0.6) is 0 Å². The maximum atomic E-state index is 13.6. The highest BCUT2D eigenvalue weighted by Crippen LogP contribution is 2.30. The number of aryl methyl sites for hydroxylation is 1. The zero-order valence-electron chi connectivity index (χ0n) is 20.1. The number of rotatable bonds is 9. The van der Waals surface area contributed by atoms with Crippen molar-refractivity contribution in [2.75, 3.05) is 6.61 Å². The average molecular weight is 479 g/mol. The van der Waals surface area contributed by atoms with Gasteiger partial charge in [-0.2, -0.15) is 5.10 Å². The van der Waals surface area contributed by atoms with Crippen LogP contribution in [0.25, 0.3) is 17.1 Å². The van der Waals surface area contributed by atoms with Crippen molar-refractivity contribution in [2.45, 2.75) is 58.0 Å². The van der Waals surface area contributed by atoms with Gasteiger partial charge in [0.1, 0.15) is 0 Å². The molecule has 0 aromatic carbocycles. The van der Waals surface area contributed by atoms with E-state index in [1.165, 1.54) is 4.68 Å². The average Bonchev–Trinajstić information content (AvgIpc) is 3.50. The largest absolute Gasteiger partial charge is 0.365 e. The Hall–Kier alpha value is -3.63. The number of nitrogens with two attached hydrogens (primary N) is 1. The number of amides is 2. The molecule has 1 aliphatic rings. The lowest BCUT2D eigenvalue weighted by Gasteiger charge is -2.33. The van der Waals surface area contributed by atoms with Crippen molar-refractivity contribution in [2.24, 2.45) is 5.73 Å². The third-order valence-corrected chi connectivity index (χ3v) is 5.87. The van der Waals surface area contributed by atoms with E-state index in [0.717, 1.165) is 29.7 Å². The summed E-state index contributed by atoms with van der Waals surface area (Å²) >= 11 is 0. The van der Waals surface area contributed by atoms with E-state index in [4.69, 9.17) is 15.2 Å². The summed E-state index contributed by atoms with van der Waals surface area (Å²) in [7, 11) is 0. The molecule has 3 N–H and O–H groups in total. The topological polar surface area (TPSA) is 134 Å². The van der Waals surface area contributed by atoms with Gasteiger partial charge in [-0.1, -0.05) is 25.8 Å². The van der Waals surface area contributed by atoms with E-state index in [2.05, 4.69) is 20.4 Å². The summed E-state index contributed by atoms with van der Waals surface area (Å²) in [5, 5.41) is 7.35. The van der Waals surface area contributed by atoms with Gasteiger partial charge in [0, 0.05) is 24.2 Å². The van der Waals surface area contributed by atoms with Crippen LogP contribution in [0, 0.1) is 6.92 Å². The maximum Gasteiger partial charge on any atom is 0.280 e. The minimum atomic E-state index is -1.72. The van der Waals surface area contributed by atoms with Gasteiger partial charge in [0.15, 0.2) is 5.82 Å². The number of carbonyl (C=O) groups is 2. The van der Waals surface area contributed by atoms with Gasteiger partial charge in [-0.05, 0) is 44.0 Å². The second kappa shape index (κ2) is 10.3. The molecule has 0 spiro atoms. The van der Waals surface area contributed by atoms with E-state index in [1.807, 2.05) is 32.0 Å². The third-order valence-electron chi connectivity index (χ3n) is 5.87. The molecule has 35 heavy (non-hydrogen) atoms. The van der Waals surface area contributed by atoms with Gasteiger partial charge >= 0.3 is 0 Å². The molecule has 10 heteroatoms. The molecule has 1 saturated heterocycles. The van der Waals surface area contributed by atoms with Gasteiger partial charge in [-0.25, -0.2) is 9.67 Å². The molecule has 3 atom stereocenters. The molecule has 4 rings (SSSR count). The Labute approximate surface area is 203 Å². The monoisotopic (exact) mass is 478 g/mol. The second-order valence-electron chi connectivity index (χ2n) is 8.71. The lowest BCUT2D eigenvalue weighted by atomic mass is 9.99. The van der Waals surface area contributed by atoms with Gasteiger partial charge < -0.3 is 20.5 Å². The van der Waals surface area contributed by atoms with E-state index >= 15 is 0 Å². The number of carbonyl (C=O) groups excluding carboxylic acids is 2. The minimum absolute atomic E-state index is 0.211. The molecule has 1 aliphatic heterocycles. The summed E-state index contributed by atoms with van der Waals surface area (Å²) in [6, 6.07) is 6.56. The summed E-state index contributed by atoms with van der Waals surface area (Å²) in [5.74, 6) is -2.57. The molecule has 2 amide bonds. The number of unbranched alkanes of at least 4 members (excludes halogenated alkanes) is 1. The van der Waals surface area contributed by atoms with Crippen LogP contribution in [0.3, 0.4) is 0 Å². The molecule has 3 unspecified atom stereocenters. The molecule has 3 aromatic heterocycles. The Kier molecular flexibility index (Phi) is 7.23. The maximum absolute atomic E-state index is 13.6. The van der Waals surface area contributed by atoms with Gasteiger partial charge in [-0.15, -0.1) is 0 Å². The summed E-state index contributed by atoms with van der Waals surface area (Å²) in [6.07, 6.45) is 8.53. The first-order valence-electron chi connectivity index (χ1n) is 11.7. The zero-order chi connectivity index (χ0) is 25.0. The summed E-state index contributed by atoms with van der Waals surface area (Å²) < 4.78 is 13.1. The molecule has 10 nitrogen and oxygen atoms in total. The SMILES string of the molecule is CCCCC(NC(=O)c1cc(C)cnc1-n1cc(-c2ccccn2)cn1)C1(C(N)=O)OCC(C)O1. The summed E-state index contributed by atoms with van der Waals surface area (Å²) in [5.41, 5.74) is 8.35. The van der Waals surface area contributed by atoms with Crippen LogP contribution < -0.4 is 11.1 Å². The van der Waals surface area contributed by atoms with E-state index in [9.17, 15) is 9.59 Å². The number of hydrogen-bond donors (Lipinski definition) is 2. The molecule has 4 heterocycles. The highest BCUT2D eigenvalue weighted by Gasteiger charge is 2.52. The molecule has 1 fully saturated rings. The fraction of sp³-hybridized carbons (Fsp3) is 0.400. The first-order valence-corrected chi connectivity index (χ1v) is 11.7. The molecule has 0 aliphatic carbocycles. The molecule has 0 saturated carbocycles. The predicted molar refractivity (Wildman–Crippen MR) is 129 cm³/mol. The van der Waals surface area contributed by atoms with E-state index in [-0.39, 0.29) is 12.7 Å². The quantitative estimate of drug-likeness (QED) is 0.483. The van der Waals surface area contributed by atoms with Gasteiger partial charge in [0.05, 0.1) is 36.2 Å². The number of nitrogens with one attached hydrogen (secondary N) is 1. The zero-order valence-corrected chi connectivity index (χ0v) is 20.1. The Morgan fingerprint density at radius 2 is 2.14 bits per heavy atom. The van der Waals surface area contributed by atoms with Crippen molar-refractivity contribution < 1.29 is 19.1 Å². The fourth-order valence-electron chi connectivity index (χ4n) is 4.11.